The molecule has 0 spiro atoms. The van der Waals surface area contributed by atoms with E-state index in [1.165, 1.54) is 4.90 Å². The molecule has 1 unspecified atom stereocenters. The number of anilines is 3. The minimum atomic E-state index is -2.97. The quantitative estimate of drug-likeness (QED) is 0.519. The van der Waals surface area contributed by atoms with Gasteiger partial charge in [0.1, 0.15) is 17.4 Å². The lowest BCUT2D eigenvalue weighted by Crippen LogP contribution is -2.51. The summed E-state index contributed by atoms with van der Waals surface area (Å²) in [6, 6.07) is 5.05. The predicted octanol–water partition coefficient (Wildman–Crippen LogP) is 3.61. The van der Waals surface area contributed by atoms with E-state index in [1.807, 2.05) is 19.1 Å². The van der Waals surface area contributed by atoms with Gasteiger partial charge in [-0.2, -0.15) is 13.9 Å². The molecule has 2 aliphatic heterocycles. The third-order valence-electron chi connectivity index (χ3n) is 6.38. The second-order valence-corrected chi connectivity index (χ2v) is 8.57. The number of nitrogens with one attached hydrogen (secondary N) is 3. The van der Waals surface area contributed by atoms with E-state index in [4.69, 9.17) is 9.72 Å². The summed E-state index contributed by atoms with van der Waals surface area (Å²) in [6.45, 7) is 1.91. The van der Waals surface area contributed by atoms with Crippen molar-refractivity contribution in [2.45, 2.75) is 57.2 Å². The van der Waals surface area contributed by atoms with Crippen LogP contribution in [0.3, 0.4) is 0 Å². The molecule has 11 heteroatoms. The van der Waals surface area contributed by atoms with Crippen molar-refractivity contribution in [2.75, 3.05) is 17.7 Å². The van der Waals surface area contributed by atoms with Crippen molar-refractivity contribution in [3.63, 3.8) is 0 Å². The number of nitrogens with zero attached hydrogens (tertiary/aromatic N) is 4. The van der Waals surface area contributed by atoms with Gasteiger partial charge in [0.25, 0.3) is 5.91 Å². The van der Waals surface area contributed by atoms with Gasteiger partial charge in [0.05, 0.1) is 18.0 Å². The van der Waals surface area contributed by atoms with E-state index in [-0.39, 0.29) is 18.1 Å². The Morgan fingerprint density at radius 2 is 2.00 bits per heavy atom. The number of H-pyrrole nitrogens is 1. The molecule has 9 nitrogen and oxygen atoms in total. The zero-order chi connectivity index (χ0) is 23.1. The van der Waals surface area contributed by atoms with Crippen LogP contribution in [0.5, 0.6) is 5.75 Å². The van der Waals surface area contributed by atoms with Crippen LogP contribution < -0.4 is 15.4 Å². The van der Waals surface area contributed by atoms with E-state index in [2.05, 4.69) is 25.8 Å². The summed E-state index contributed by atoms with van der Waals surface area (Å²) < 4.78 is 31.7. The summed E-state index contributed by atoms with van der Waals surface area (Å²) in [4.78, 5) is 22.6. The number of amides is 1. The van der Waals surface area contributed by atoms with E-state index in [0.717, 1.165) is 23.9 Å². The van der Waals surface area contributed by atoms with Crippen LogP contribution in [0.15, 0.2) is 24.4 Å². The van der Waals surface area contributed by atoms with E-state index >= 15 is 0 Å². The van der Waals surface area contributed by atoms with Crippen molar-refractivity contribution in [1.82, 2.24) is 25.1 Å². The van der Waals surface area contributed by atoms with Gasteiger partial charge in [-0.3, -0.25) is 14.9 Å². The number of methoxy groups -OCH3 is 1. The van der Waals surface area contributed by atoms with Crippen LogP contribution in [-0.2, 0) is 4.79 Å². The third kappa shape index (κ3) is 4.03. The van der Waals surface area contributed by atoms with Gasteiger partial charge < -0.3 is 20.3 Å². The first-order chi connectivity index (χ1) is 15.9. The number of aryl methyl sites for hydroxylation is 1. The standard InChI is InChI=1S/C22H25F2N7O2/c1-11-7-18(30-29-11)27-17-10-15-19(16(33-2)5-6-25-15)21(28-17)26-12-8-13-3-4-14(9-12)31(13)22(32)20(23)24/h5-7,10,12-14,20H,3-4,8-9H2,1-2H3,(H3,26,27,28,29,30)/t12?,13-,14+. The number of carbonyl (C=O) groups excluding carboxylic acids is 1. The number of piperidine rings is 1. The zero-order valence-corrected chi connectivity index (χ0v) is 18.3. The average molecular weight is 457 g/mol. The van der Waals surface area contributed by atoms with Crippen LogP contribution >= 0.6 is 0 Å². The number of hydrogen-bond donors (Lipinski definition) is 3. The maximum atomic E-state index is 13.1. The number of ether oxygens (including phenoxy) is 1. The summed E-state index contributed by atoms with van der Waals surface area (Å²) in [5.41, 5.74) is 1.60. The van der Waals surface area contributed by atoms with E-state index < -0.39 is 12.3 Å². The van der Waals surface area contributed by atoms with Crippen molar-refractivity contribution < 1.29 is 18.3 Å². The minimum Gasteiger partial charge on any atom is -0.496 e. The van der Waals surface area contributed by atoms with Gasteiger partial charge in [0.15, 0.2) is 5.82 Å². The number of carbonyl (C=O) groups is 1. The van der Waals surface area contributed by atoms with Gasteiger partial charge in [-0.05, 0) is 38.7 Å². The van der Waals surface area contributed by atoms with Crippen LogP contribution in [0.2, 0.25) is 0 Å². The lowest BCUT2D eigenvalue weighted by Gasteiger charge is -2.39. The van der Waals surface area contributed by atoms with Crippen molar-refractivity contribution in [1.29, 1.82) is 0 Å². The van der Waals surface area contributed by atoms with Gasteiger partial charge in [-0.25, -0.2) is 4.98 Å². The fourth-order valence-corrected chi connectivity index (χ4v) is 5.06. The highest BCUT2D eigenvalue weighted by molar-refractivity contribution is 5.96. The van der Waals surface area contributed by atoms with Gasteiger partial charge in [0.2, 0.25) is 0 Å². The highest BCUT2D eigenvalue weighted by Crippen LogP contribution is 2.39. The zero-order valence-electron chi connectivity index (χ0n) is 18.3. The number of halogens is 2. The molecule has 3 aromatic heterocycles. The third-order valence-corrected chi connectivity index (χ3v) is 6.38. The molecule has 0 radical (unpaired) electrons. The van der Waals surface area contributed by atoms with Crippen LogP contribution in [0.1, 0.15) is 31.4 Å². The van der Waals surface area contributed by atoms with E-state index in [1.54, 1.807) is 19.4 Å². The molecule has 33 heavy (non-hydrogen) atoms. The molecule has 1 amide bonds. The molecule has 3 atom stereocenters. The number of hydrogen-bond acceptors (Lipinski definition) is 7. The Kier molecular flexibility index (Phi) is 5.47. The predicted molar refractivity (Wildman–Crippen MR) is 119 cm³/mol. The summed E-state index contributed by atoms with van der Waals surface area (Å²) in [7, 11) is 1.59. The van der Waals surface area contributed by atoms with Crippen molar-refractivity contribution in [3.05, 3.63) is 30.1 Å². The molecule has 174 valence electrons. The molecule has 2 fully saturated rings. The second-order valence-electron chi connectivity index (χ2n) is 8.57. The van der Waals surface area contributed by atoms with E-state index in [9.17, 15) is 13.6 Å². The Balaban J connectivity index is 1.45. The fourth-order valence-electron chi connectivity index (χ4n) is 5.06. The first-order valence-corrected chi connectivity index (χ1v) is 10.9. The Labute approximate surface area is 188 Å². The van der Waals surface area contributed by atoms with Gasteiger partial charge >= 0.3 is 6.43 Å². The van der Waals surface area contributed by atoms with Crippen molar-refractivity contribution >= 4 is 34.3 Å². The highest BCUT2D eigenvalue weighted by atomic mass is 19.3. The molecule has 3 aromatic rings. The molecule has 0 saturated carbocycles. The Bertz CT molecular complexity index is 1170. The molecular weight excluding hydrogens is 432 g/mol. The fraction of sp³-hybridized carbons (Fsp3) is 0.455. The molecular formula is C22H25F2N7O2. The SMILES string of the molecule is COc1ccnc2cc(Nc3cc(C)[nH]n3)nc(NC3C[C@H]4CC[C@@H](C3)N4C(=O)C(F)F)c12. The van der Waals surface area contributed by atoms with Crippen LogP contribution in [-0.4, -0.2) is 62.6 Å². The second kappa shape index (κ2) is 8.45. The maximum absolute atomic E-state index is 13.1. The molecule has 0 aromatic carbocycles. The number of aromatic amines is 1. The largest absolute Gasteiger partial charge is 0.496 e. The molecule has 3 N–H and O–H groups in total. The average Bonchev–Trinajstić information content (AvgIpc) is 3.31. The Morgan fingerprint density at radius 1 is 1.24 bits per heavy atom. The molecule has 5 heterocycles. The molecule has 2 aliphatic rings. The highest BCUT2D eigenvalue weighted by Gasteiger charge is 2.45. The lowest BCUT2D eigenvalue weighted by molar-refractivity contribution is -0.147. The normalized spacial score (nSPS) is 22.1. The first-order valence-electron chi connectivity index (χ1n) is 10.9. The summed E-state index contributed by atoms with van der Waals surface area (Å²) >= 11 is 0. The van der Waals surface area contributed by atoms with Crippen molar-refractivity contribution in [3.8, 4) is 5.75 Å². The Hall–Kier alpha value is -3.50. The molecule has 2 saturated heterocycles. The monoisotopic (exact) mass is 457 g/mol. The summed E-state index contributed by atoms with van der Waals surface area (Å²) in [5.74, 6) is 1.35. The number of pyridine rings is 2. The van der Waals surface area contributed by atoms with Gasteiger partial charge in [-0.15, -0.1) is 0 Å². The summed E-state index contributed by atoms with van der Waals surface area (Å²) in [5, 5.41) is 14.5. The molecule has 2 bridgehead atoms. The molecule has 0 aliphatic carbocycles. The number of rotatable bonds is 6. The smallest absolute Gasteiger partial charge is 0.315 e. The topological polar surface area (TPSA) is 108 Å². The van der Waals surface area contributed by atoms with Crippen molar-refractivity contribution in [2.24, 2.45) is 0 Å². The van der Waals surface area contributed by atoms with Gasteiger partial charge in [0, 0.05) is 42.1 Å². The van der Waals surface area contributed by atoms with Gasteiger partial charge in [-0.1, -0.05) is 0 Å². The maximum Gasteiger partial charge on any atom is 0.315 e. The van der Waals surface area contributed by atoms with E-state index in [0.29, 0.717) is 41.6 Å². The lowest BCUT2D eigenvalue weighted by atomic mass is 9.97. The number of alkyl halides is 2. The first kappa shape index (κ1) is 21.4. The Morgan fingerprint density at radius 3 is 2.64 bits per heavy atom. The number of aromatic nitrogens is 4. The van der Waals surface area contributed by atoms with Crippen LogP contribution in [0, 0.1) is 6.92 Å². The molecule has 5 rings (SSSR count). The van der Waals surface area contributed by atoms with Crippen LogP contribution in [0.4, 0.5) is 26.2 Å². The summed E-state index contributed by atoms with van der Waals surface area (Å²) in [6.07, 6.45) is 1.34. The van der Waals surface area contributed by atoms with Crippen LogP contribution in [0.25, 0.3) is 10.9 Å². The number of fused-ring (bicyclic) bond motifs is 3. The minimum absolute atomic E-state index is 0.0206.